The van der Waals surface area contributed by atoms with Gasteiger partial charge < -0.3 is 39.3 Å². The number of sulfonamides is 1. The number of ether oxygens (including phenoxy) is 4. The fourth-order valence-electron chi connectivity index (χ4n) is 10.7. The van der Waals surface area contributed by atoms with Gasteiger partial charge in [0.05, 0.1) is 23.0 Å². The first-order chi connectivity index (χ1) is 32.9. The fourth-order valence-corrected chi connectivity index (χ4v) is 11.2. The number of aryl methyl sites for hydroxylation is 1. The first-order valence-corrected chi connectivity index (χ1v) is 25.5. The van der Waals surface area contributed by atoms with Gasteiger partial charge in [-0.2, -0.15) is 4.98 Å². The number of likely N-dealkylation sites (tertiary alicyclic amines) is 1. The van der Waals surface area contributed by atoms with E-state index in [4.69, 9.17) is 24.1 Å². The van der Waals surface area contributed by atoms with Crippen LogP contribution in [-0.2, 0) is 21.2 Å². The molecule has 5 heterocycles. The summed E-state index contributed by atoms with van der Waals surface area (Å²) in [5.74, 6) is -0.310. The Labute approximate surface area is 396 Å². The third kappa shape index (κ3) is 10.4. The molecule has 1 aliphatic carbocycles. The van der Waals surface area contributed by atoms with Crippen LogP contribution in [0, 0.1) is 21.4 Å². The number of carbonyl (C=O) groups is 1. The zero-order chi connectivity index (χ0) is 47.4. The van der Waals surface area contributed by atoms with Crippen LogP contribution < -0.4 is 29.6 Å². The van der Waals surface area contributed by atoms with E-state index < -0.39 is 31.5 Å². The van der Waals surface area contributed by atoms with Crippen molar-refractivity contribution in [1.29, 1.82) is 0 Å². The number of H-pyrrole nitrogens is 1. The SMILES string of the molecule is CCc1ccccc1[C@@H]1CCCN1C1CC2(CCN(c3ccc(C(=O)O)c(Oc4cc5cc[nH]c5nc4OCCCCOc4cc(S(N)(=O)=O)cc([N+](=O)[O-])c4NCC4CCOCC4)c3)CC2)C1. The molecule has 5 N–H and O–H groups in total. The number of nitro benzene ring substituents is 1. The van der Waals surface area contributed by atoms with Crippen molar-refractivity contribution in [2.24, 2.45) is 16.5 Å². The van der Waals surface area contributed by atoms with Crippen LogP contribution in [0.3, 0.4) is 0 Å². The van der Waals surface area contributed by atoms with Crippen LogP contribution in [0.1, 0.15) is 98.7 Å². The lowest BCUT2D eigenvalue weighted by molar-refractivity contribution is -0.384. The zero-order valence-electron chi connectivity index (χ0n) is 38.5. The van der Waals surface area contributed by atoms with Gasteiger partial charge in [-0.15, -0.1) is 0 Å². The van der Waals surface area contributed by atoms with E-state index in [0.717, 1.165) is 68.9 Å². The smallest absolute Gasteiger partial charge is 0.339 e. The molecule has 1 saturated carbocycles. The van der Waals surface area contributed by atoms with E-state index >= 15 is 0 Å². The lowest BCUT2D eigenvalue weighted by Crippen LogP contribution is -2.54. The van der Waals surface area contributed by atoms with Gasteiger partial charge in [0.15, 0.2) is 17.2 Å². The Morgan fingerprint density at radius 2 is 1.75 bits per heavy atom. The number of hydrogen-bond donors (Lipinski definition) is 4. The molecule has 9 rings (SSSR count). The summed E-state index contributed by atoms with van der Waals surface area (Å²) in [6, 6.07) is 21.1. The molecule has 0 radical (unpaired) electrons. The van der Waals surface area contributed by atoms with Gasteiger partial charge in [-0.3, -0.25) is 15.0 Å². The van der Waals surface area contributed by atoms with Crippen LogP contribution in [-0.4, -0.2) is 97.9 Å². The number of nitrogens with two attached hydrogens (primary N) is 1. The summed E-state index contributed by atoms with van der Waals surface area (Å²) in [6.07, 6.45) is 12.3. The van der Waals surface area contributed by atoms with E-state index in [-0.39, 0.29) is 53.5 Å². The number of hydrogen-bond acceptors (Lipinski definition) is 13. The lowest BCUT2D eigenvalue weighted by Gasteiger charge is -2.56. The third-order valence-corrected chi connectivity index (χ3v) is 15.4. The standard InChI is InChI=1S/C50H61N7O10S/c1-2-34-8-3-4-9-39(34)41-10-7-19-56(41)37-30-50(31-37)16-20-55(21-17-50)36-11-12-40(49(58)59)43(27-36)67-45-26-35-13-18-52-47(35)54-48(45)66-23-6-5-22-65-44-29-38(68(51,62)63)28-42(57(60)61)46(44)53-32-33-14-24-64-25-15-33/h3-4,8-9,11-13,18,26-29,33,37,41,53H,2,5-7,10,14-17,19-25,30-32H2,1H3,(H,52,54)(H,58,59)(H2,51,62,63)/t41-/m0/s1. The summed E-state index contributed by atoms with van der Waals surface area (Å²) in [6.45, 7) is 7.01. The molecule has 68 heavy (non-hydrogen) atoms. The number of aromatic amines is 1. The Morgan fingerprint density at radius 1 is 0.985 bits per heavy atom. The van der Waals surface area contributed by atoms with Crippen LogP contribution in [0.2, 0.25) is 0 Å². The minimum atomic E-state index is -4.28. The van der Waals surface area contributed by atoms with E-state index in [1.165, 1.54) is 42.9 Å². The van der Waals surface area contributed by atoms with Crippen LogP contribution in [0.4, 0.5) is 17.1 Å². The van der Waals surface area contributed by atoms with Crippen molar-refractivity contribution in [1.82, 2.24) is 14.9 Å². The number of anilines is 2. The average Bonchev–Trinajstić information content (AvgIpc) is 4.01. The number of benzene rings is 3. The first kappa shape index (κ1) is 47.1. The van der Waals surface area contributed by atoms with Crippen LogP contribution in [0.5, 0.6) is 23.1 Å². The number of pyridine rings is 1. The van der Waals surface area contributed by atoms with Crippen LogP contribution >= 0.6 is 0 Å². The summed E-state index contributed by atoms with van der Waals surface area (Å²) in [5.41, 5.74) is 4.40. The number of piperidine rings is 1. The van der Waals surface area contributed by atoms with Gasteiger partial charge in [0.1, 0.15) is 17.0 Å². The number of nitrogens with one attached hydrogen (secondary N) is 2. The third-order valence-electron chi connectivity index (χ3n) is 14.5. The van der Waals surface area contributed by atoms with Gasteiger partial charge in [-0.25, -0.2) is 18.4 Å². The molecule has 4 aliphatic rings. The van der Waals surface area contributed by atoms with Crippen molar-refractivity contribution in [3.05, 3.63) is 99.7 Å². The molecule has 3 aromatic carbocycles. The Morgan fingerprint density at radius 3 is 2.49 bits per heavy atom. The van der Waals surface area contributed by atoms with Crippen LogP contribution in [0.15, 0.2) is 77.8 Å². The van der Waals surface area contributed by atoms with Gasteiger partial charge >= 0.3 is 5.97 Å². The molecule has 1 spiro atoms. The van der Waals surface area contributed by atoms with E-state index in [2.05, 4.69) is 56.3 Å². The maximum absolute atomic E-state index is 12.6. The quantitative estimate of drug-likeness (QED) is 0.0345. The maximum Gasteiger partial charge on any atom is 0.339 e. The molecule has 2 aromatic heterocycles. The molecular weight excluding hydrogens is 891 g/mol. The Kier molecular flexibility index (Phi) is 14.1. The predicted molar refractivity (Wildman–Crippen MR) is 258 cm³/mol. The van der Waals surface area contributed by atoms with Gasteiger partial charge in [0, 0.05) is 80.4 Å². The predicted octanol–water partition coefficient (Wildman–Crippen LogP) is 8.83. The summed E-state index contributed by atoms with van der Waals surface area (Å²) in [7, 11) is -4.28. The molecule has 1 atom stereocenters. The van der Waals surface area contributed by atoms with Crippen molar-refractivity contribution in [2.45, 2.75) is 94.5 Å². The molecular formula is C50H61N7O10S. The number of carboxylic acids is 1. The van der Waals surface area contributed by atoms with Crippen molar-refractivity contribution in [3.8, 4) is 23.1 Å². The van der Waals surface area contributed by atoms with Crippen molar-refractivity contribution < 1.29 is 42.2 Å². The van der Waals surface area contributed by atoms with E-state index in [9.17, 15) is 28.4 Å². The molecule has 4 fully saturated rings. The highest BCUT2D eigenvalue weighted by atomic mass is 32.2. The number of nitrogens with zero attached hydrogens (tertiary/aromatic N) is 4. The van der Waals surface area contributed by atoms with E-state index in [0.29, 0.717) is 55.7 Å². The van der Waals surface area contributed by atoms with Gasteiger partial charge in [-0.05, 0) is 124 Å². The Balaban J connectivity index is 0.834. The van der Waals surface area contributed by atoms with Crippen molar-refractivity contribution >= 4 is 44.1 Å². The average molecular weight is 952 g/mol. The fraction of sp³-hybridized carbons (Fsp3) is 0.480. The van der Waals surface area contributed by atoms with Gasteiger partial charge in [0.25, 0.3) is 11.6 Å². The first-order valence-electron chi connectivity index (χ1n) is 23.9. The molecule has 5 aromatic rings. The molecule has 0 amide bonds. The molecule has 0 bridgehead atoms. The number of rotatable bonds is 19. The number of nitro groups is 1. The summed E-state index contributed by atoms with van der Waals surface area (Å²) in [5, 5.41) is 31.7. The number of primary sulfonamides is 1. The van der Waals surface area contributed by atoms with Crippen molar-refractivity contribution in [3.63, 3.8) is 0 Å². The number of fused-ring (bicyclic) bond motifs is 1. The number of unbranched alkanes of at least 4 members (excludes halogenated alkanes) is 1. The monoisotopic (exact) mass is 951 g/mol. The second-order valence-corrected chi connectivity index (χ2v) is 20.3. The molecule has 17 nitrogen and oxygen atoms in total. The van der Waals surface area contributed by atoms with Crippen LogP contribution in [0.25, 0.3) is 11.0 Å². The van der Waals surface area contributed by atoms with Gasteiger partial charge in [-0.1, -0.05) is 31.2 Å². The molecule has 3 saturated heterocycles. The summed E-state index contributed by atoms with van der Waals surface area (Å²) >= 11 is 0. The van der Waals surface area contributed by atoms with E-state index in [1.807, 2.05) is 12.1 Å². The molecule has 0 unspecified atom stereocenters. The number of aromatic carboxylic acids is 1. The Bertz CT molecular complexity index is 2730. The Hall–Kier alpha value is -5.95. The maximum atomic E-state index is 12.6. The largest absolute Gasteiger partial charge is 0.491 e. The van der Waals surface area contributed by atoms with Crippen molar-refractivity contribution in [2.75, 3.05) is 62.8 Å². The second-order valence-electron chi connectivity index (χ2n) is 18.8. The van der Waals surface area contributed by atoms with Gasteiger partial charge in [0.2, 0.25) is 10.0 Å². The number of carboxylic acid groups (broad SMARTS) is 1. The summed E-state index contributed by atoms with van der Waals surface area (Å²) < 4.78 is 48.7. The molecule has 18 heteroatoms. The highest BCUT2D eigenvalue weighted by Gasteiger charge is 2.50. The summed E-state index contributed by atoms with van der Waals surface area (Å²) in [4.78, 5) is 36.5. The van der Waals surface area contributed by atoms with E-state index in [1.54, 1.807) is 24.4 Å². The topological polar surface area (TPSA) is 225 Å². The number of aromatic nitrogens is 2. The molecule has 362 valence electrons. The minimum absolute atomic E-state index is 0.00288. The molecule has 3 aliphatic heterocycles. The highest BCUT2D eigenvalue weighted by molar-refractivity contribution is 7.89. The highest BCUT2D eigenvalue weighted by Crippen LogP contribution is 2.54. The lowest BCUT2D eigenvalue weighted by atomic mass is 9.59. The minimum Gasteiger partial charge on any atom is -0.491 e. The zero-order valence-corrected chi connectivity index (χ0v) is 39.3. The second kappa shape index (κ2) is 20.3. The normalized spacial score (nSPS) is 19.0.